The number of hydrogen-bond donors (Lipinski definition) is 2. The average Bonchev–Trinajstić information content (AvgIpc) is 2.53. The Bertz CT molecular complexity index is 679. The van der Waals surface area contributed by atoms with E-state index in [-0.39, 0.29) is 18.7 Å². The van der Waals surface area contributed by atoms with Crippen molar-refractivity contribution in [3.63, 3.8) is 0 Å². The van der Waals surface area contributed by atoms with Crippen molar-refractivity contribution in [3.05, 3.63) is 18.2 Å². The number of nitrogens with zero attached hydrogens (tertiary/aromatic N) is 2. The number of amides is 2. The number of fused-ring (bicyclic) bond motifs is 1. The molecule has 0 fully saturated rings. The Morgan fingerprint density at radius 1 is 1.26 bits per heavy atom. The van der Waals surface area contributed by atoms with Crippen molar-refractivity contribution in [1.82, 2.24) is 5.43 Å². The number of ether oxygens (including phenoxy) is 2. The van der Waals surface area contributed by atoms with Gasteiger partial charge in [-0.2, -0.15) is 10.4 Å². The minimum absolute atomic E-state index is 0.0152. The van der Waals surface area contributed by atoms with Crippen molar-refractivity contribution >= 4 is 23.2 Å². The normalized spacial score (nSPS) is 13.0. The Morgan fingerprint density at radius 2 is 2.00 bits per heavy atom. The summed E-state index contributed by atoms with van der Waals surface area (Å²) in [4.78, 5) is 23.0. The molecule has 120 valence electrons. The average molecular weight is 316 g/mol. The zero-order valence-electron chi connectivity index (χ0n) is 12.6. The van der Waals surface area contributed by atoms with Crippen LogP contribution in [0, 0.1) is 11.3 Å². The lowest BCUT2D eigenvalue weighted by Gasteiger charge is -2.19. The Morgan fingerprint density at radius 3 is 2.74 bits per heavy atom. The molecule has 1 heterocycles. The molecule has 0 atom stereocenters. The Hall–Kier alpha value is -3.08. The highest BCUT2D eigenvalue weighted by molar-refractivity contribution is 6.05. The van der Waals surface area contributed by atoms with Crippen LogP contribution in [0.5, 0.6) is 11.5 Å². The molecule has 1 aliphatic heterocycles. The van der Waals surface area contributed by atoms with E-state index in [2.05, 4.69) is 15.8 Å². The van der Waals surface area contributed by atoms with E-state index in [9.17, 15) is 9.59 Å². The van der Waals surface area contributed by atoms with Gasteiger partial charge in [-0.1, -0.05) is 0 Å². The lowest BCUT2D eigenvalue weighted by atomic mass is 10.2. The molecule has 1 aromatic carbocycles. The van der Waals surface area contributed by atoms with Crippen LogP contribution in [-0.2, 0) is 9.59 Å². The highest BCUT2D eigenvalue weighted by atomic mass is 16.6. The molecule has 0 aliphatic carbocycles. The minimum Gasteiger partial charge on any atom is -0.486 e. The summed E-state index contributed by atoms with van der Waals surface area (Å²) in [5.41, 5.74) is 3.21. The van der Waals surface area contributed by atoms with Crippen LogP contribution < -0.4 is 20.2 Å². The first-order valence-electron chi connectivity index (χ1n) is 6.97. The van der Waals surface area contributed by atoms with Gasteiger partial charge in [-0.15, -0.1) is 0 Å². The fraction of sp³-hybridized carbons (Fsp3) is 0.333. The third kappa shape index (κ3) is 5.00. The number of nitriles is 1. The molecule has 23 heavy (non-hydrogen) atoms. The summed E-state index contributed by atoms with van der Waals surface area (Å²) in [5.74, 6) is 0.437. The highest BCUT2D eigenvalue weighted by Crippen LogP contribution is 2.32. The van der Waals surface area contributed by atoms with Crippen LogP contribution >= 0.6 is 0 Å². The van der Waals surface area contributed by atoms with Gasteiger partial charge in [-0.3, -0.25) is 9.59 Å². The molecule has 0 saturated heterocycles. The van der Waals surface area contributed by atoms with Gasteiger partial charge in [0.05, 0.1) is 12.5 Å². The molecule has 0 bridgehead atoms. The second-order valence-electron chi connectivity index (χ2n) is 4.80. The molecule has 0 aromatic heterocycles. The van der Waals surface area contributed by atoms with Gasteiger partial charge in [0, 0.05) is 17.5 Å². The number of hydrazone groups is 1. The van der Waals surface area contributed by atoms with Gasteiger partial charge in [0.25, 0.3) is 5.91 Å². The molecule has 8 nitrogen and oxygen atoms in total. The quantitative estimate of drug-likeness (QED) is 0.626. The van der Waals surface area contributed by atoms with E-state index in [0.717, 1.165) is 0 Å². The minimum atomic E-state index is -0.515. The topological polar surface area (TPSA) is 113 Å². The van der Waals surface area contributed by atoms with Gasteiger partial charge in [-0.05, 0) is 19.1 Å². The maximum absolute atomic E-state index is 11.9. The smallest absolute Gasteiger partial charge is 0.254 e. The number of carbonyl (C=O) groups is 2. The Labute approximate surface area is 133 Å². The van der Waals surface area contributed by atoms with Crippen molar-refractivity contribution in [2.24, 2.45) is 5.10 Å². The van der Waals surface area contributed by atoms with E-state index in [0.29, 0.717) is 36.1 Å². The van der Waals surface area contributed by atoms with Crippen LogP contribution in [0.3, 0.4) is 0 Å². The lowest BCUT2D eigenvalue weighted by Crippen LogP contribution is -2.21. The Kier molecular flexibility index (Phi) is 5.52. The SMILES string of the molecule is CC(CC(=O)Nc1ccc2c(c1)OCCO2)=NNC(=O)CC#N. The Balaban J connectivity index is 1.88. The standard InChI is InChI=1S/C15H16N4O4/c1-10(18-19-14(20)4-5-16)8-15(21)17-11-2-3-12-13(9-11)23-7-6-22-12/h2-3,9H,4,6-8H2,1H3,(H,17,21)(H,19,20). The summed E-state index contributed by atoms with van der Waals surface area (Å²) in [7, 11) is 0. The molecule has 1 aliphatic rings. The number of nitrogens with one attached hydrogen (secondary N) is 2. The zero-order chi connectivity index (χ0) is 16.7. The fourth-order valence-corrected chi connectivity index (χ4v) is 1.87. The second-order valence-corrected chi connectivity index (χ2v) is 4.80. The molecule has 1 aromatic rings. The largest absolute Gasteiger partial charge is 0.486 e. The molecule has 2 N–H and O–H groups in total. The summed E-state index contributed by atoms with van der Waals surface area (Å²) in [6.45, 7) is 2.58. The molecule has 0 radical (unpaired) electrons. The maximum atomic E-state index is 11.9. The van der Waals surface area contributed by atoms with Crippen molar-refractivity contribution in [2.75, 3.05) is 18.5 Å². The predicted molar refractivity (Wildman–Crippen MR) is 82.2 cm³/mol. The lowest BCUT2D eigenvalue weighted by molar-refractivity contribution is -0.120. The molecular weight excluding hydrogens is 300 g/mol. The molecule has 0 unspecified atom stereocenters. The zero-order valence-corrected chi connectivity index (χ0v) is 12.6. The van der Waals surface area contributed by atoms with Crippen molar-refractivity contribution < 1.29 is 19.1 Å². The summed E-state index contributed by atoms with van der Waals surface area (Å²) in [6.07, 6.45) is -0.262. The molecule has 0 spiro atoms. The summed E-state index contributed by atoms with van der Waals surface area (Å²) in [6, 6.07) is 6.84. The van der Waals surface area contributed by atoms with Crippen LogP contribution in [0.1, 0.15) is 19.8 Å². The number of hydrogen-bond acceptors (Lipinski definition) is 6. The van der Waals surface area contributed by atoms with Crippen LogP contribution in [0.15, 0.2) is 23.3 Å². The van der Waals surface area contributed by atoms with Gasteiger partial charge >= 0.3 is 0 Å². The number of benzene rings is 1. The van der Waals surface area contributed by atoms with Gasteiger partial charge in [-0.25, -0.2) is 5.43 Å². The van der Waals surface area contributed by atoms with Gasteiger partial charge in [0.15, 0.2) is 11.5 Å². The number of rotatable bonds is 5. The van der Waals surface area contributed by atoms with Crippen LogP contribution in [0.2, 0.25) is 0 Å². The predicted octanol–water partition coefficient (Wildman–Crippen LogP) is 1.19. The third-order valence-corrected chi connectivity index (χ3v) is 2.85. The summed E-state index contributed by atoms with van der Waals surface area (Å²) in [5, 5.41) is 14.8. The van der Waals surface area contributed by atoms with Gasteiger partial charge in [0.1, 0.15) is 19.6 Å². The van der Waals surface area contributed by atoms with Crippen molar-refractivity contribution in [1.29, 1.82) is 5.26 Å². The van der Waals surface area contributed by atoms with E-state index in [4.69, 9.17) is 14.7 Å². The monoisotopic (exact) mass is 316 g/mol. The number of anilines is 1. The number of carbonyl (C=O) groups excluding carboxylic acids is 2. The molecule has 2 rings (SSSR count). The first-order valence-corrected chi connectivity index (χ1v) is 6.97. The van der Waals surface area contributed by atoms with Crippen molar-refractivity contribution in [3.8, 4) is 17.6 Å². The van der Waals surface area contributed by atoms with Crippen LogP contribution in [0.4, 0.5) is 5.69 Å². The first-order chi connectivity index (χ1) is 11.1. The maximum Gasteiger partial charge on any atom is 0.254 e. The highest BCUT2D eigenvalue weighted by Gasteiger charge is 2.13. The van der Waals surface area contributed by atoms with Crippen molar-refractivity contribution in [2.45, 2.75) is 19.8 Å². The summed E-state index contributed by atoms with van der Waals surface area (Å²) < 4.78 is 10.8. The van der Waals surface area contributed by atoms with Crippen LogP contribution in [0.25, 0.3) is 0 Å². The van der Waals surface area contributed by atoms with E-state index < -0.39 is 5.91 Å². The van der Waals surface area contributed by atoms with Gasteiger partial charge in [0.2, 0.25) is 5.91 Å². The van der Waals surface area contributed by atoms with E-state index >= 15 is 0 Å². The summed E-state index contributed by atoms with van der Waals surface area (Å²) >= 11 is 0. The van der Waals surface area contributed by atoms with E-state index in [1.807, 2.05) is 0 Å². The van der Waals surface area contributed by atoms with E-state index in [1.54, 1.807) is 31.2 Å². The first kappa shape index (κ1) is 16.3. The molecule has 2 amide bonds. The molecular formula is C15H16N4O4. The van der Waals surface area contributed by atoms with E-state index in [1.165, 1.54) is 0 Å². The third-order valence-electron chi connectivity index (χ3n) is 2.85. The molecule has 8 heteroatoms. The molecule has 0 saturated carbocycles. The van der Waals surface area contributed by atoms with Gasteiger partial charge < -0.3 is 14.8 Å². The fourth-order valence-electron chi connectivity index (χ4n) is 1.87. The van der Waals surface area contributed by atoms with Crippen LogP contribution in [-0.4, -0.2) is 30.7 Å². The second kappa shape index (κ2) is 7.79.